The lowest BCUT2D eigenvalue weighted by Gasteiger charge is -2.33. The van der Waals surface area contributed by atoms with Crippen LogP contribution < -0.4 is 5.32 Å². The number of nitrogens with one attached hydrogen (secondary N) is 1. The summed E-state index contributed by atoms with van der Waals surface area (Å²) < 4.78 is 5.61. The second-order valence-corrected chi connectivity index (χ2v) is 13.3. The zero-order chi connectivity index (χ0) is 31.1. The van der Waals surface area contributed by atoms with Crippen molar-refractivity contribution in [3.05, 3.63) is 29.8 Å². The number of aliphatic carboxylic acids is 1. The average molecular weight is 634 g/mol. The number of thioether (sulfide) groups is 1. The molecule has 236 valence electrons. The highest BCUT2D eigenvalue weighted by Gasteiger charge is 2.44. The van der Waals surface area contributed by atoms with Crippen LogP contribution in [0.15, 0.2) is 29.3 Å². The molecule has 4 rings (SSSR count). The number of aliphatic hydroxyl groups excluding tert-OH is 1. The van der Waals surface area contributed by atoms with Gasteiger partial charge in [0.1, 0.15) is 16.8 Å². The van der Waals surface area contributed by atoms with E-state index in [1.54, 1.807) is 28.8 Å². The van der Waals surface area contributed by atoms with Crippen molar-refractivity contribution >= 4 is 52.7 Å². The molecule has 2 bridgehead atoms. The number of phenols is 1. The number of aromatic hydroxyl groups is 1. The minimum absolute atomic E-state index is 0.0145. The molecule has 3 heterocycles. The topological polar surface area (TPSA) is 149 Å². The van der Waals surface area contributed by atoms with Gasteiger partial charge >= 0.3 is 11.9 Å². The zero-order valence-corrected chi connectivity index (χ0v) is 26.4. The van der Waals surface area contributed by atoms with Gasteiger partial charge in [0, 0.05) is 12.5 Å². The molecule has 3 aliphatic rings. The number of nitrogens with zero attached hydrogens (tertiary/aromatic N) is 2. The molecular formula is C31H43N3O7S2. The van der Waals surface area contributed by atoms with E-state index in [0.717, 1.165) is 24.8 Å². The number of hydrogen-bond donors (Lipinski definition) is 4. The number of rotatable bonds is 8. The molecule has 1 saturated heterocycles. The number of ether oxygens (including phenoxy) is 1. The Morgan fingerprint density at radius 1 is 1.19 bits per heavy atom. The minimum atomic E-state index is -1.12. The third-order valence-electron chi connectivity index (χ3n) is 9.11. The third kappa shape index (κ3) is 8.07. The summed E-state index contributed by atoms with van der Waals surface area (Å²) in [5.74, 6) is -2.05. The minimum Gasteiger partial charge on any atom is -0.508 e. The summed E-state index contributed by atoms with van der Waals surface area (Å²) in [5, 5.41) is 33.4. The standard InChI is InChI=1S/C31H43N3O7S2/c1-18-6-3-4-7-21(22(30(38)39)13-15-43-2)24(17-35)32-28(42)26-31(40)41-27(33-26)25-8-5-14-34(25)29(37)23(18)16-19-9-11-20(36)12-10-19/h9-12,18,21-26,35-36H,3-8,13-17H2,1-2H3,(H,32,42)(H,38,39)/t18-,21-,22?,23?,24-,25?,26?/m0/s1. The summed E-state index contributed by atoms with van der Waals surface area (Å²) in [5.41, 5.74) is 0.943. The fourth-order valence-electron chi connectivity index (χ4n) is 6.65. The van der Waals surface area contributed by atoms with Crippen molar-refractivity contribution < 1.29 is 34.4 Å². The summed E-state index contributed by atoms with van der Waals surface area (Å²) >= 11 is 7.16. The number of aliphatic imine (C=N–C) groups is 1. The predicted octanol–water partition coefficient (Wildman–Crippen LogP) is 3.42. The number of carbonyl (C=O) groups excluding carboxylic acids is 2. The fourth-order valence-corrected chi connectivity index (χ4v) is 7.44. The fraction of sp³-hybridized carbons (Fsp3) is 0.645. The first-order valence-corrected chi connectivity index (χ1v) is 17.0. The number of carboxylic acid groups (broad SMARTS) is 1. The molecular weight excluding hydrogens is 590 g/mol. The zero-order valence-electron chi connectivity index (χ0n) is 24.8. The summed E-state index contributed by atoms with van der Waals surface area (Å²) in [6, 6.07) is 4.64. The molecule has 1 fully saturated rings. The molecule has 10 nitrogen and oxygen atoms in total. The van der Waals surface area contributed by atoms with Crippen LogP contribution in [0.5, 0.6) is 5.75 Å². The Hall–Kier alpha value is -2.70. The van der Waals surface area contributed by atoms with E-state index < -0.39 is 41.9 Å². The van der Waals surface area contributed by atoms with Crippen LogP contribution >= 0.6 is 24.0 Å². The lowest BCUT2D eigenvalue weighted by molar-refractivity contribution is -0.144. The monoisotopic (exact) mass is 633 g/mol. The summed E-state index contributed by atoms with van der Waals surface area (Å²) in [7, 11) is 0. The van der Waals surface area contributed by atoms with Gasteiger partial charge in [0.2, 0.25) is 17.8 Å². The Morgan fingerprint density at radius 2 is 1.91 bits per heavy atom. The van der Waals surface area contributed by atoms with E-state index in [0.29, 0.717) is 44.4 Å². The maximum atomic E-state index is 14.2. The van der Waals surface area contributed by atoms with Crippen LogP contribution in [0.2, 0.25) is 0 Å². The second kappa shape index (κ2) is 15.3. The van der Waals surface area contributed by atoms with Crippen molar-refractivity contribution in [2.45, 2.75) is 76.4 Å². The van der Waals surface area contributed by atoms with Crippen molar-refractivity contribution in [2.75, 3.05) is 25.2 Å². The maximum Gasteiger partial charge on any atom is 0.344 e. The third-order valence-corrected chi connectivity index (χ3v) is 10.1. The van der Waals surface area contributed by atoms with Crippen LogP contribution in [0.3, 0.4) is 0 Å². The number of amides is 1. The van der Waals surface area contributed by atoms with Gasteiger partial charge in [0.05, 0.1) is 18.6 Å². The number of esters is 1. The van der Waals surface area contributed by atoms with E-state index in [9.17, 15) is 29.7 Å². The quantitative estimate of drug-likeness (QED) is 0.248. The van der Waals surface area contributed by atoms with Gasteiger partial charge in [-0.15, -0.1) is 0 Å². The van der Waals surface area contributed by atoms with Crippen molar-refractivity contribution in [1.29, 1.82) is 0 Å². The second-order valence-electron chi connectivity index (χ2n) is 11.9. The average Bonchev–Trinajstić information content (AvgIpc) is 3.62. The van der Waals surface area contributed by atoms with Gasteiger partial charge in [0.25, 0.3) is 0 Å². The Morgan fingerprint density at radius 3 is 2.58 bits per heavy atom. The SMILES string of the molecule is CSCCC(C(=O)O)[C@@H]1CCCC[C@H](C)C(Cc2ccc(O)cc2)C(=O)N2CCCC2C2=NC(C(=O)O2)C(=S)N[C@H]1CO. The van der Waals surface area contributed by atoms with E-state index in [2.05, 4.69) is 17.2 Å². The Bertz CT molecular complexity index is 1190. The number of hydrogen-bond acceptors (Lipinski definition) is 9. The molecule has 0 aromatic heterocycles. The van der Waals surface area contributed by atoms with Gasteiger partial charge in [-0.3, -0.25) is 9.59 Å². The smallest absolute Gasteiger partial charge is 0.344 e. The molecule has 1 aromatic carbocycles. The van der Waals surface area contributed by atoms with Gasteiger partial charge in [-0.05, 0) is 80.1 Å². The molecule has 0 radical (unpaired) electrons. The molecule has 4 N–H and O–H groups in total. The van der Waals surface area contributed by atoms with Crippen molar-refractivity contribution in [3.8, 4) is 5.75 Å². The van der Waals surface area contributed by atoms with E-state index in [1.807, 2.05) is 18.4 Å². The summed E-state index contributed by atoms with van der Waals surface area (Å²) in [6.45, 7) is 2.27. The lowest BCUT2D eigenvalue weighted by Crippen LogP contribution is -2.50. The molecule has 0 saturated carbocycles. The number of carboxylic acids is 1. The first kappa shape index (κ1) is 33.2. The van der Waals surface area contributed by atoms with Gasteiger partial charge in [0.15, 0.2) is 0 Å². The van der Waals surface area contributed by atoms with Crippen LogP contribution in [-0.2, 0) is 25.5 Å². The predicted molar refractivity (Wildman–Crippen MR) is 169 cm³/mol. The first-order valence-electron chi connectivity index (χ1n) is 15.1. The Kier molecular flexibility index (Phi) is 11.8. The molecule has 3 aliphatic heterocycles. The largest absolute Gasteiger partial charge is 0.508 e. The van der Waals surface area contributed by atoms with Gasteiger partial charge in [-0.2, -0.15) is 11.8 Å². The van der Waals surface area contributed by atoms with Crippen LogP contribution in [-0.4, -0.2) is 92.2 Å². The number of benzene rings is 1. The van der Waals surface area contributed by atoms with Crippen LogP contribution in [0.25, 0.3) is 0 Å². The molecule has 4 unspecified atom stereocenters. The van der Waals surface area contributed by atoms with Gasteiger partial charge < -0.3 is 30.3 Å². The Labute approximate surface area is 262 Å². The highest BCUT2D eigenvalue weighted by atomic mass is 32.2. The highest BCUT2D eigenvalue weighted by Crippen LogP contribution is 2.33. The first-order chi connectivity index (χ1) is 20.6. The highest BCUT2D eigenvalue weighted by molar-refractivity contribution is 7.98. The number of thiocarbonyl (C=S) groups is 1. The van der Waals surface area contributed by atoms with Crippen LogP contribution in [0.4, 0.5) is 0 Å². The van der Waals surface area contributed by atoms with Gasteiger partial charge in [-0.1, -0.05) is 44.1 Å². The molecule has 12 heteroatoms. The number of phenolic OH excluding ortho intramolecular Hbond substituents is 1. The molecule has 43 heavy (non-hydrogen) atoms. The van der Waals surface area contributed by atoms with Crippen LogP contribution in [0, 0.1) is 23.7 Å². The molecule has 0 spiro atoms. The number of carbonyl (C=O) groups is 3. The normalized spacial score (nSPS) is 29.4. The lowest BCUT2D eigenvalue weighted by atomic mass is 9.79. The number of fused-ring (bicyclic) bond motifs is 3. The van der Waals surface area contributed by atoms with E-state index >= 15 is 0 Å². The Balaban J connectivity index is 1.68. The van der Waals surface area contributed by atoms with Crippen molar-refractivity contribution in [3.63, 3.8) is 0 Å². The van der Waals surface area contributed by atoms with Crippen molar-refractivity contribution in [2.24, 2.45) is 28.7 Å². The molecule has 1 aromatic rings. The van der Waals surface area contributed by atoms with Gasteiger partial charge in [-0.25, -0.2) is 9.79 Å². The van der Waals surface area contributed by atoms with Crippen molar-refractivity contribution in [1.82, 2.24) is 10.2 Å². The molecule has 0 aliphatic carbocycles. The maximum absolute atomic E-state index is 14.2. The number of aliphatic hydroxyl groups is 1. The van der Waals surface area contributed by atoms with E-state index in [-0.39, 0.29) is 41.0 Å². The summed E-state index contributed by atoms with van der Waals surface area (Å²) in [4.78, 5) is 46.0. The molecule has 1 amide bonds. The molecule has 7 atom stereocenters. The summed E-state index contributed by atoms with van der Waals surface area (Å²) in [6.07, 6.45) is 7.03. The van der Waals surface area contributed by atoms with E-state index in [4.69, 9.17) is 17.0 Å². The van der Waals surface area contributed by atoms with E-state index in [1.165, 1.54) is 0 Å². The van der Waals surface area contributed by atoms with Crippen LogP contribution in [0.1, 0.15) is 57.4 Å².